The molecule has 0 fully saturated rings. The number of carbonyl (C=O) groups excluding carboxylic acids is 1. The third kappa shape index (κ3) is 3.51. The lowest BCUT2D eigenvalue weighted by Gasteiger charge is -2.05. The van der Waals surface area contributed by atoms with Crippen molar-refractivity contribution in [2.75, 3.05) is 12.4 Å². The molecule has 1 heterocycles. The fourth-order valence-corrected chi connectivity index (χ4v) is 1.85. The fraction of sp³-hybridized carbons (Fsp3) is 0.154. The second-order valence-electron chi connectivity index (χ2n) is 4.03. The molecule has 21 heavy (non-hydrogen) atoms. The molecule has 0 amide bonds. The number of methoxy groups -OCH3 is 1. The van der Waals surface area contributed by atoms with Crippen molar-refractivity contribution in [3.05, 3.63) is 57.0 Å². The smallest absolute Gasteiger partial charge is 0.373 e. The van der Waals surface area contributed by atoms with Crippen molar-refractivity contribution >= 4 is 28.9 Å². The van der Waals surface area contributed by atoms with E-state index in [4.69, 9.17) is 16.0 Å². The van der Waals surface area contributed by atoms with E-state index in [1.165, 1.54) is 31.4 Å². The van der Waals surface area contributed by atoms with Crippen LogP contribution in [0.5, 0.6) is 0 Å². The van der Waals surface area contributed by atoms with E-state index in [0.29, 0.717) is 10.8 Å². The molecule has 1 aromatic heterocycles. The van der Waals surface area contributed by atoms with Crippen LogP contribution in [0, 0.1) is 10.1 Å². The number of anilines is 1. The number of nitrogens with zero attached hydrogens (tertiary/aromatic N) is 1. The Kier molecular flexibility index (Phi) is 4.44. The van der Waals surface area contributed by atoms with E-state index < -0.39 is 10.9 Å². The average molecular weight is 311 g/mol. The number of hydrogen-bond donors (Lipinski definition) is 1. The summed E-state index contributed by atoms with van der Waals surface area (Å²) in [6, 6.07) is 7.24. The van der Waals surface area contributed by atoms with Crippen LogP contribution in [0.2, 0.25) is 5.02 Å². The first kappa shape index (κ1) is 14.9. The lowest BCUT2D eigenvalue weighted by atomic mass is 10.2. The first-order valence-electron chi connectivity index (χ1n) is 5.86. The number of carbonyl (C=O) groups is 1. The van der Waals surface area contributed by atoms with Gasteiger partial charge in [0.25, 0.3) is 5.69 Å². The van der Waals surface area contributed by atoms with Crippen LogP contribution in [0.4, 0.5) is 11.4 Å². The molecule has 0 radical (unpaired) electrons. The first-order chi connectivity index (χ1) is 10.0. The maximum atomic E-state index is 11.2. The van der Waals surface area contributed by atoms with Gasteiger partial charge in [-0.2, -0.15) is 0 Å². The lowest BCUT2D eigenvalue weighted by Crippen LogP contribution is -2.02. The third-order valence-electron chi connectivity index (χ3n) is 2.66. The van der Waals surface area contributed by atoms with Crippen LogP contribution in [0.25, 0.3) is 0 Å². The lowest BCUT2D eigenvalue weighted by molar-refractivity contribution is -0.384. The number of hydrogen-bond acceptors (Lipinski definition) is 6. The van der Waals surface area contributed by atoms with E-state index in [1.54, 1.807) is 6.07 Å². The van der Waals surface area contributed by atoms with Crippen LogP contribution < -0.4 is 5.32 Å². The van der Waals surface area contributed by atoms with E-state index in [0.717, 1.165) is 0 Å². The van der Waals surface area contributed by atoms with Crippen LogP contribution in [0.1, 0.15) is 16.3 Å². The monoisotopic (exact) mass is 310 g/mol. The largest absolute Gasteiger partial charge is 0.463 e. The Hall–Kier alpha value is -2.54. The van der Waals surface area contributed by atoms with Crippen LogP contribution in [-0.2, 0) is 11.3 Å². The van der Waals surface area contributed by atoms with Crippen molar-refractivity contribution in [1.82, 2.24) is 0 Å². The molecule has 1 aromatic carbocycles. The van der Waals surface area contributed by atoms with Gasteiger partial charge in [-0.05, 0) is 24.3 Å². The summed E-state index contributed by atoms with van der Waals surface area (Å²) in [6.45, 7) is 0.165. The van der Waals surface area contributed by atoms with Crippen molar-refractivity contribution in [2.24, 2.45) is 0 Å². The Morgan fingerprint density at radius 3 is 2.86 bits per heavy atom. The van der Waals surface area contributed by atoms with Crippen LogP contribution in [-0.4, -0.2) is 18.0 Å². The van der Waals surface area contributed by atoms with E-state index in [9.17, 15) is 14.9 Å². The average Bonchev–Trinajstić information content (AvgIpc) is 2.93. The van der Waals surface area contributed by atoms with Gasteiger partial charge in [0.1, 0.15) is 11.4 Å². The first-order valence-corrected chi connectivity index (χ1v) is 6.24. The van der Waals surface area contributed by atoms with Crippen molar-refractivity contribution in [3.63, 3.8) is 0 Å². The fourth-order valence-electron chi connectivity index (χ4n) is 1.67. The van der Waals surface area contributed by atoms with Gasteiger partial charge in [0.05, 0.1) is 18.6 Å². The highest BCUT2D eigenvalue weighted by molar-refractivity contribution is 6.31. The molecule has 0 unspecified atom stereocenters. The summed E-state index contributed by atoms with van der Waals surface area (Å²) in [4.78, 5) is 21.6. The highest BCUT2D eigenvalue weighted by atomic mass is 35.5. The van der Waals surface area contributed by atoms with Gasteiger partial charge in [0, 0.05) is 11.1 Å². The number of nitro groups is 1. The van der Waals surface area contributed by atoms with Crippen molar-refractivity contribution in [2.45, 2.75) is 6.54 Å². The molecule has 0 aliphatic rings. The molecule has 7 nitrogen and oxygen atoms in total. The Morgan fingerprint density at radius 2 is 2.19 bits per heavy atom. The summed E-state index contributed by atoms with van der Waals surface area (Å²) in [6.07, 6.45) is 0. The summed E-state index contributed by atoms with van der Waals surface area (Å²) >= 11 is 5.82. The molecule has 2 aromatic rings. The van der Waals surface area contributed by atoms with Crippen molar-refractivity contribution in [1.29, 1.82) is 0 Å². The standard InChI is InChI=1S/C13H11ClN2O5/c1-20-13(17)12-5-3-9(21-12)7-15-10-6-8(14)2-4-11(10)16(18)19/h2-6,15H,7H2,1H3. The Morgan fingerprint density at radius 1 is 1.43 bits per heavy atom. The highest BCUT2D eigenvalue weighted by Crippen LogP contribution is 2.28. The predicted octanol–water partition coefficient (Wildman–Crippen LogP) is 3.24. The van der Waals surface area contributed by atoms with E-state index in [2.05, 4.69) is 10.1 Å². The molecular weight excluding hydrogens is 300 g/mol. The highest BCUT2D eigenvalue weighted by Gasteiger charge is 2.15. The summed E-state index contributed by atoms with van der Waals surface area (Å²) in [5.74, 6) is -0.0884. The van der Waals surface area contributed by atoms with Gasteiger partial charge in [0.15, 0.2) is 0 Å². The number of esters is 1. The molecule has 110 valence electrons. The van der Waals surface area contributed by atoms with Gasteiger partial charge in [-0.25, -0.2) is 4.79 Å². The molecule has 1 N–H and O–H groups in total. The molecule has 0 aliphatic heterocycles. The molecule has 0 bridgehead atoms. The predicted molar refractivity (Wildman–Crippen MR) is 75.5 cm³/mol. The summed E-state index contributed by atoms with van der Waals surface area (Å²) < 4.78 is 9.77. The second-order valence-corrected chi connectivity index (χ2v) is 4.47. The van der Waals surface area contributed by atoms with Crippen LogP contribution >= 0.6 is 11.6 Å². The molecule has 0 saturated heterocycles. The quantitative estimate of drug-likeness (QED) is 0.517. The number of ether oxygens (including phenoxy) is 1. The SMILES string of the molecule is COC(=O)c1ccc(CNc2cc(Cl)ccc2[N+](=O)[O-])o1. The molecule has 2 rings (SSSR count). The van der Waals surface area contributed by atoms with Gasteiger partial charge < -0.3 is 14.5 Å². The van der Waals surface area contributed by atoms with Gasteiger partial charge in [-0.3, -0.25) is 10.1 Å². The summed E-state index contributed by atoms with van der Waals surface area (Å²) in [5.41, 5.74) is 0.169. The van der Waals surface area contributed by atoms with E-state index in [1.807, 2.05) is 0 Å². The Balaban J connectivity index is 2.13. The Labute approximate surface area is 124 Å². The molecule has 8 heteroatoms. The van der Waals surface area contributed by atoms with Crippen molar-refractivity contribution in [3.8, 4) is 0 Å². The minimum Gasteiger partial charge on any atom is -0.463 e. The second kappa shape index (κ2) is 6.27. The number of halogens is 1. The normalized spacial score (nSPS) is 10.2. The van der Waals surface area contributed by atoms with Gasteiger partial charge in [-0.15, -0.1) is 0 Å². The molecule has 0 atom stereocenters. The molecule has 0 saturated carbocycles. The van der Waals surface area contributed by atoms with Crippen LogP contribution in [0.15, 0.2) is 34.7 Å². The topological polar surface area (TPSA) is 94.6 Å². The third-order valence-corrected chi connectivity index (χ3v) is 2.89. The zero-order chi connectivity index (χ0) is 15.4. The van der Waals surface area contributed by atoms with Crippen molar-refractivity contribution < 1.29 is 18.9 Å². The maximum Gasteiger partial charge on any atom is 0.373 e. The number of nitro benzene ring substituents is 1. The van der Waals surface area contributed by atoms with Gasteiger partial charge in [-0.1, -0.05) is 11.6 Å². The van der Waals surface area contributed by atoms with E-state index >= 15 is 0 Å². The summed E-state index contributed by atoms with van der Waals surface area (Å²) in [5, 5.41) is 14.1. The number of benzene rings is 1. The number of rotatable bonds is 5. The van der Waals surface area contributed by atoms with E-state index in [-0.39, 0.29) is 23.7 Å². The van der Waals surface area contributed by atoms with Gasteiger partial charge in [0.2, 0.25) is 5.76 Å². The minimum atomic E-state index is -0.588. The minimum absolute atomic E-state index is 0.0647. The number of nitrogens with one attached hydrogen (secondary N) is 1. The molecular formula is C13H11ClN2O5. The molecule has 0 aliphatic carbocycles. The summed E-state index contributed by atoms with van der Waals surface area (Å²) in [7, 11) is 1.25. The van der Waals surface area contributed by atoms with Gasteiger partial charge >= 0.3 is 5.97 Å². The Bertz CT molecular complexity index is 683. The van der Waals surface area contributed by atoms with Crippen LogP contribution in [0.3, 0.4) is 0 Å². The zero-order valence-corrected chi connectivity index (χ0v) is 11.7. The molecule has 0 spiro atoms. The maximum absolute atomic E-state index is 11.2. The number of furan rings is 1. The zero-order valence-electron chi connectivity index (χ0n) is 11.0.